The van der Waals surface area contributed by atoms with Crippen molar-refractivity contribution in [3.05, 3.63) is 35.9 Å². The Morgan fingerprint density at radius 1 is 1.28 bits per heavy atom. The number of Topliss-reactive ketones (excluding diaryl/α,β-unsaturated/α-hetero) is 1. The molecule has 0 aliphatic carbocycles. The monoisotopic (exact) mass is 249 g/mol. The lowest BCUT2D eigenvalue weighted by atomic mass is 9.94. The van der Waals surface area contributed by atoms with Crippen molar-refractivity contribution in [3.63, 3.8) is 0 Å². The second kappa shape index (κ2) is 6.91. The number of ether oxygens (including phenoxy) is 1. The van der Waals surface area contributed by atoms with Gasteiger partial charge in [0.15, 0.2) is 0 Å². The molecule has 1 rings (SSSR count). The summed E-state index contributed by atoms with van der Waals surface area (Å²) >= 11 is 0. The quantitative estimate of drug-likeness (QED) is 0.614. The summed E-state index contributed by atoms with van der Waals surface area (Å²) in [6.45, 7) is 3.47. The van der Waals surface area contributed by atoms with Crippen LogP contribution in [0.2, 0.25) is 0 Å². The summed E-state index contributed by atoms with van der Waals surface area (Å²) in [4.78, 5) is 21.9. The highest BCUT2D eigenvalue weighted by atomic mass is 16.5. The summed E-state index contributed by atoms with van der Waals surface area (Å²) < 4.78 is 4.97. The molecule has 0 spiro atoms. The number of benzene rings is 1. The second-order valence-electron chi connectivity index (χ2n) is 4.43. The molecule has 2 N–H and O–H groups in total. The van der Waals surface area contributed by atoms with E-state index in [1.165, 1.54) is 6.92 Å². The first-order valence-electron chi connectivity index (χ1n) is 5.96. The smallest absolute Gasteiger partial charge is 0.313 e. The molecule has 0 heterocycles. The summed E-state index contributed by atoms with van der Waals surface area (Å²) in [7, 11) is 0. The van der Waals surface area contributed by atoms with Gasteiger partial charge in [0.1, 0.15) is 18.8 Å². The molecule has 2 unspecified atom stereocenters. The average molecular weight is 249 g/mol. The van der Waals surface area contributed by atoms with Crippen molar-refractivity contribution in [2.45, 2.75) is 32.2 Å². The van der Waals surface area contributed by atoms with Crippen molar-refractivity contribution in [2.75, 3.05) is 6.61 Å². The zero-order valence-electron chi connectivity index (χ0n) is 10.8. The summed E-state index contributed by atoms with van der Waals surface area (Å²) in [5, 5.41) is 0. The van der Waals surface area contributed by atoms with Gasteiger partial charge in [-0.2, -0.15) is 0 Å². The van der Waals surface area contributed by atoms with E-state index in [1.807, 2.05) is 37.3 Å². The Morgan fingerprint density at radius 2 is 1.89 bits per heavy atom. The maximum atomic E-state index is 11.2. The van der Waals surface area contributed by atoms with E-state index in [9.17, 15) is 9.59 Å². The maximum absolute atomic E-state index is 11.2. The van der Waals surface area contributed by atoms with Crippen molar-refractivity contribution in [1.82, 2.24) is 0 Å². The fourth-order valence-electron chi connectivity index (χ4n) is 1.59. The molecule has 0 aromatic heterocycles. The number of ketones is 1. The first-order valence-corrected chi connectivity index (χ1v) is 5.96. The van der Waals surface area contributed by atoms with E-state index in [-0.39, 0.29) is 30.8 Å². The lowest BCUT2D eigenvalue weighted by molar-refractivity contribution is -0.146. The van der Waals surface area contributed by atoms with Gasteiger partial charge in [-0.25, -0.2) is 0 Å². The maximum Gasteiger partial charge on any atom is 0.313 e. The number of nitrogens with two attached hydrogens (primary N) is 1. The Kier molecular flexibility index (Phi) is 5.52. The van der Waals surface area contributed by atoms with Crippen LogP contribution in [0.25, 0.3) is 0 Å². The first-order chi connectivity index (χ1) is 8.50. The summed E-state index contributed by atoms with van der Waals surface area (Å²) in [5.41, 5.74) is 7.07. The lowest BCUT2D eigenvalue weighted by Crippen LogP contribution is -2.33. The summed E-state index contributed by atoms with van der Waals surface area (Å²) in [5.74, 6) is -0.626. The predicted molar refractivity (Wildman–Crippen MR) is 69.1 cm³/mol. The third-order valence-corrected chi connectivity index (χ3v) is 2.80. The molecule has 4 heteroatoms. The highest BCUT2D eigenvalue weighted by Crippen LogP contribution is 2.17. The Morgan fingerprint density at radius 3 is 2.44 bits per heavy atom. The van der Waals surface area contributed by atoms with E-state index in [0.717, 1.165) is 5.56 Å². The van der Waals surface area contributed by atoms with E-state index in [0.29, 0.717) is 0 Å². The van der Waals surface area contributed by atoms with Crippen LogP contribution in [0.5, 0.6) is 0 Å². The number of rotatable bonds is 6. The Hall–Kier alpha value is -1.68. The van der Waals surface area contributed by atoms with Gasteiger partial charge in [0.05, 0.1) is 0 Å². The summed E-state index contributed by atoms with van der Waals surface area (Å²) in [6, 6.07) is 9.53. The molecule has 4 nitrogen and oxygen atoms in total. The molecule has 0 fully saturated rings. The molecule has 0 aliphatic rings. The third kappa shape index (κ3) is 4.67. The Balaban J connectivity index is 2.43. The van der Waals surface area contributed by atoms with E-state index >= 15 is 0 Å². The van der Waals surface area contributed by atoms with Crippen molar-refractivity contribution >= 4 is 11.8 Å². The number of carbonyl (C=O) groups excluding carboxylic acids is 2. The molecule has 1 aromatic carbocycles. The van der Waals surface area contributed by atoms with Crippen molar-refractivity contribution < 1.29 is 14.3 Å². The fourth-order valence-corrected chi connectivity index (χ4v) is 1.59. The lowest BCUT2D eigenvalue weighted by Gasteiger charge is -2.20. The van der Waals surface area contributed by atoms with Crippen LogP contribution >= 0.6 is 0 Å². The van der Waals surface area contributed by atoms with Crippen LogP contribution in [0.4, 0.5) is 0 Å². The average Bonchev–Trinajstić information content (AvgIpc) is 2.35. The normalized spacial score (nSPS) is 13.7. The second-order valence-corrected chi connectivity index (χ2v) is 4.43. The van der Waals surface area contributed by atoms with Crippen LogP contribution in [0.15, 0.2) is 30.3 Å². The zero-order valence-corrected chi connectivity index (χ0v) is 10.8. The van der Waals surface area contributed by atoms with Crippen LogP contribution in [0, 0.1) is 0 Å². The Labute approximate surface area is 107 Å². The largest absolute Gasteiger partial charge is 0.464 e. The van der Waals surface area contributed by atoms with Crippen molar-refractivity contribution in [2.24, 2.45) is 5.73 Å². The van der Waals surface area contributed by atoms with Gasteiger partial charge in [0.25, 0.3) is 0 Å². The molecule has 2 atom stereocenters. The van der Waals surface area contributed by atoms with Crippen LogP contribution in [-0.2, 0) is 14.3 Å². The van der Waals surface area contributed by atoms with Crippen LogP contribution in [0.1, 0.15) is 31.7 Å². The van der Waals surface area contributed by atoms with Crippen LogP contribution < -0.4 is 5.73 Å². The number of hydrogen-bond acceptors (Lipinski definition) is 4. The minimum absolute atomic E-state index is 0.0938. The number of carbonyl (C=O) groups is 2. The molecule has 0 saturated heterocycles. The molecule has 0 radical (unpaired) electrons. The summed E-state index contributed by atoms with van der Waals surface area (Å²) in [6.07, 6.45) is -0.188. The van der Waals surface area contributed by atoms with E-state index in [2.05, 4.69) is 0 Å². The van der Waals surface area contributed by atoms with Gasteiger partial charge in [-0.1, -0.05) is 37.3 Å². The van der Waals surface area contributed by atoms with E-state index in [1.54, 1.807) is 0 Å². The number of hydrogen-bond donors (Lipinski definition) is 1. The van der Waals surface area contributed by atoms with Gasteiger partial charge in [-0.3, -0.25) is 9.59 Å². The van der Waals surface area contributed by atoms with Gasteiger partial charge < -0.3 is 10.5 Å². The highest BCUT2D eigenvalue weighted by Gasteiger charge is 2.17. The minimum Gasteiger partial charge on any atom is -0.464 e. The fraction of sp³-hybridized carbons (Fsp3) is 0.429. The Bertz CT molecular complexity index is 403. The molecule has 98 valence electrons. The van der Waals surface area contributed by atoms with Gasteiger partial charge in [0, 0.05) is 6.04 Å². The molecule has 0 amide bonds. The zero-order chi connectivity index (χ0) is 13.5. The standard InChI is InChI=1S/C14H19NO3/c1-10(16)8-14(17)18-9-13(15)11(2)12-6-4-3-5-7-12/h3-7,11,13H,8-9,15H2,1-2H3. The van der Waals surface area contributed by atoms with Gasteiger partial charge in [-0.15, -0.1) is 0 Å². The van der Waals surface area contributed by atoms with E-state index in [4.69, 9.17) is 10.5 Å². The topological polar surface area (TPSA) is 69.4 Å². The van der Waals surface area contributed by atoms with Gasteiger partial charge in [-0.05, 0) is 18.4 Å². The highest BCUT2D eigenvalue weighted by molar-refractivity contribution is 5.94. The predicted octanol–water partition coefficient (Wildman–Crippen LogP) is 1.64. The van der Waals surface area contributed by atoms with Crippen LogP contribution in [0.3, 0.4) is 0 Å². The van der Waals surface area contributed by atoms with Gasteiger partial charge in [0.2, 0.25) is 0 Å². The third-order valence-electron chi connectivity index (χ3n) is 2.80. The molecule has 18 heavy (non-hydrogen) atoms. The molecule has 0 bridgehead atoms. The van der Waals surface area contributed by atoms with Crippen molar-refractivity contribution in [3.8, 4) is 0 Å². The number of esters is 1. The van der Waals surface area contributed by atoms with E-state index < -0.39 is 5.97 Å². The van der Waals surface area contributed by atoms with Crippen molar-refractivity contribution in [1.29, 1.82) is 0 Å². The van der Waals surface area contributed by atoms with Gasteiger partial charge >= 0.3 is 5.97 Å². The SMILES string of the molecule is CC(=O)CC(=O)OCC(N)C(C)c1ccccc1. The molecule has 0 saturated carbocycles. The molecule has 1 aromatic rings. The molecular formula is C14H19NO3. The molecule has 0 aliphatic heterocycles. The minimum atomic E-state index is -0.516. The first kappa shape index (κ1) is 14.4. The van der Waals surface area contributed by atoms with Crippen LogP contribution in [-0.4, -0.2) is 24.4 Å². The molecular weight excluding hydrogens is 230 g/mol.